The summed E-state index contributed by atoms with van der Waals surface area (Å²) >= 11 is 1.82. The summed E-state index contributed by atoms with van der Waals surface area (Å²) in [6.07, 6.45) is -1.50. The second-order valence-corrected chi connectivity index (χ2v) is 5.62. The van der Waals surface area contributed by atoms with Crippen LogP contribution in [0.25, 0.3) is 0 Å². The van der Waals surface area contributed by atoms with Crippen molar-refractivity contribution in [3.63, 3.8) is 0 Å². The van der Waals surface area contributed by atoms with E-state index in [1.165, 1.54) is 6.07 Å². The number of thioether (sulfide) groups is 1. The Morgan fingerprint density at radius 3 is 2.71 bits per heavy atom. The van der Waals surface area contributed by atoms with Crippen LogP contribution in [0.15, 0.2) is 18.2 Å². The van der Waals surface area contributed by atoms with Crippen LogP contribution < -0.4 is 5.73 Å². The molecule has 1 saturated heterocycles. The van der Waals surface area contributed by atoms with Crippen LogP contribution >= 0.6 is 11.8 Å². The number of anilines is 1. The van der Waals surface area contributed by atoms with Gasteiger partial charge in [-0.25, -0.2) is 0 Å². The van der Waals surface area contributed by atoms with Gasteiger partial charge in [-0.2, -0.15) is 24.9 Å². The van der Waals surface area contributed by atoms with Crippen LogP contribution in [0, 0.1) is 0 Å². The molecule has 0 aliphatic carbocycles. The molecule has 0 radical (unpaired) electrons. The molecule has 17 heavy (non-hydrogen) atoms. The van der Waals surface area contributed by atoms with Gasteiger partial charge in [0.1, 0.15) is 0 Å². The van der Waals surface area contributed by atoms with Crippen LogP contribution in [0.5, 0.6) is 0 Å². The average Bonchev–Trinajstić information content (AvgIpc) is 2.72. The van der Waals surface area contributed by atoms with E-state index in [-0.39, 0.29) is 5.69 Å². The van der Waals surface area contributed by atoms with E-state index in [0.717, 1.165) is 24.7 Å². The lowest BCUT2D eigenvalue weighted by atomic mass is 10.0. The third-order valence-electron chi connectivity index (χ3n) is 2.97. The van der Waals surface area contributed by atoms with Gasteiger partial charge in [0, 0.05) is 10.9 Å². The van der Waals surface area contributed by atoms with Crippen molar-refractivity contribution in [1.29, 1.82) is 0 Å². The number of benzene rings is 1. The van der Waals surface area contributed by atoms with E-state index >= 15 is 0 Å². The van der Waals surface area contributed by atoms with Crippen molar-refractivity contribution in [2.75, 3.05) is 11.5 Å². The fourth-order valence-electron chi connectivity index (χ4n) is 2.09. The predicted molar refractivity (Wildman–Crippen MR) is 65.0 cm³/mol. The highest BCUT2D eigenvalue weighted by Gasteiger charge is 2.33. The van der Waals surface area contributed by atoms with Crippen LogP contribution in [0.2, 0.25) is 0 Å². The Labute approximate surface area is 103 Å². The van der Waals surface area contributed by atoms with E-state index in [4.69, 9.17) is 5.73 Å². The second kappa shape index (κ2) is 4.80. The minimum atomic E-state index is -4.36. The van der Waals surface area contributed by atoms with Crippen molar-refractivity contribution < 1.29 is 13.2 Å². The molecule has 0 saturated carbocycles. The number of para-hydroxylation sites is 1. The summed E-state index contributed by atoms with van der Waals surface area (Å²) in [6, 6.07) is 4.18. The van der Waals surface area contributed by atoms with Gasteiger partial charge >= 0.3 is 6.18 Å². The summed E-state index contributed by atoms with van der Waals surface area (Å²) in [5.74, 6) is 1.10. The van der Waals surface area contributed by atoms with Gasteiger partial charge in [-0.3, -0.25) is 0 Å². The molecule has 0 amide bonds. The molecule has 1 aromatic carbocycles. The molecule has 1 aromatic rings. The molecular weight excluding hydrogens is 247 g/mol. The standard InChI is InChI=1S/C12H14F3NS/c13-12(14,15)10-5-1-3-8(11(10)16)7-9-4-2-6-17-9/h1,3,5,9H,2,4,6-7,16H2. The molecule has 94 valence electrons. The first-order chi connectivity index (χ1) is 7.98. The molecule has 1 fully saturated rings. The van der Waals surface area contributed by atoms with Gasteiger partial charge in [-0.05, 0) is 36.6 Å². The van der Waals surface area contributed by atoms with Crippen LogP contribution in [0.3, 0.4) is 0 Å². The summed E-state index contributed by atoms with van der Waals surface area (Å²) in [5.41, 5.74) is 5.43. The Morgan fingerprint density at radius 1 is 1.35 bits per heavy atom. The average molecular weight is 261 g/mol. The van der Waals surface area contributed by atoms with Crippen LogP contribution in [-0.4, -0.2) is 11.0 Å². The van der Waals surface area contributed by atoms with Gasteiger partial charge in [0.25, 0.3) is 0 Å². The summed E-state index contributed by atoms with van der Waals surface area (Å²) in [4.78, 5) is 0. The van der Waals surface area contributed by atoms with E-state index in [0.29, 0.717) is 17.2 Å². The first-order valence-electron chi connectivity index (χ1n) is 5.54. The molecule has 2 N–H and O–H groups in total. The molecule has 0 aromatic heterocycles. The lowest BCUT2D eigenvalue weighted by molar-refractivity contribution is -0.136. The molecule has 1 aliphatic rings. The molecular formula is C12H14F3NS. The van der Waals surface area contributed by atoms with Crippen LogP contribution in [0.1, 0.15) is 24.0 Å². The quantitative estimate of drug-likeness (QED) is 0.821. The van der Waals surface area contributed by atoms with Crippen molar-refractivity contribution in [1.82, 2.24) is 0 Å². The van der Waals surface area contributed by atoms with Crippen molar-refractivity contribution in [2.45, 2.75) is 30.7 Å². The predicted octanol–water partition coefficient (Wildman–Crippen LogP) is 3.73. The Hall–Kier alpha value is -0.840. The molecule has 1 aliphatic heterocycles. The minimum absolute atomic E-state index is 0.104. The molecule has 1 heterocycles. The molecule has 1 unspecified atom stereocenters. The SMILES string of the molecule is Nc1c(CC2CCCS2)cccc1C(F)(F)F. The smallest absolute Gasteiger partial charge is 0.398 e. The summed E-state index contributed by atoms with van der Waals surface area (Å²) in [5, 5.41) is 0.417. The van der Waals surface area contributed by atoms with Gasteiger partial charge in [0.15, 0.2) is 0 Å². The van der Waals surface area contributed by atoms with Crippen molar-refractivity contribution in [3.8, 4) is 0 Å². The molecule has 1 atom stereocenters. The third kappa shape index (κ3) is 2.89. The maximum absolute atomic E-state index is 12.7. The fraction of sp³-hybridized carbons (Fsp3) is 0.500. The summed E-state index contributed by atoms with van der Waals surface area (Å²) < 4.78 is 38.0. The Kier molecular flexibility index (Phi) is 3.56. The van der Waals surface area contributed by atoms with E-state index < -0.39 is 11.7 Å². The zero-order chi connectivity index (χ0) is 12.5. The second-order valence-electron chi connectivity index (χ2n) is 4.22. The fourth-order valence-corrected chi connectivity index (χ4v) is 3.39. The molecule has 2 rings (SSSR count). The highest BCUT2D eigenvalue weighted by molar-refractivity contribution is 8.00. The molecule has 1 nitrogen and oxygen atoms in total. The summed E-state index contributed by atoms with van der Waals surface area (Å²) in [7, 11) is 0. The minimum Gasteiger partial charge on any atom is -0.398 e. The monoisotopic (exact) mass is 261 g/mol. The first kappa shape index (κ1) is 12.6. The van der Waals surface area contributed by atoms with Gasteiger partial charge in [-0.1, -0.05) is 12.1 Å². The number of hydrogen-bond acceptors (Lipinski definition) is 2. The zero-order valence-electron chi connectivity index (χ0n) is 9.26. The first-order valence-corrected chi connectivity index (χ1v) is 6.59. The summed E-state index contributed by atoms with van der Waals surface area (Å²) in [6.45, 7) is 0. The highest BCUT2D eigenvalue weighted by Crippen LogP contribution is 2.37. The van der Waals surface area contributed by atoms with Crippen LogP contribution in [-0.2, 0) is 12.6 Å². The molecule has 0 bridgehead atoms. The van der Waals surface area contributed by atoms with Gasteiger partial charge in [0.05, 0.1) is 5.56 Å². The van der Waals surface area contributed by atoms with E-state index in [1.807, 2.05) is 11.8 Å². The lowest BCUT2D eigenvalue weighted by Crippen LogP contribution is -2.12. The number of rotatable bonds is 2. The van der Waals surface area contributed by atoms with E-state index in [1.54, 1.807) is 6.07 Å². The maximum Gasteiger partial charge on any atom is 0.418 e. The van der Waals surface area contributed by atoms with Crippen molar-refractivity contribution in [3.05, 3.63) is 29.3 Å². The molecule has 5 heteroatoms. The number of halogens is 3. The largest absolute Gasteiger partial charge is 0.418 e. The lowest BCUT2D eigenvalue weighted by Gasteiger charge is -2.15. The van der Waals surface area contributed by atoms with Gasteiger partial charge in [0.2, 0.25) is 0 Å². The molecule has 0 spiro atoms. The normalized spacial score (nSPS) is 20.8. The number of alkyl halides is 3. The maximum atomic E-state index is 12.7. The topological polar surface area (TPSA) is 26.0 Å². The number of nitrogens with two attached hydrogens (primary N) is 1. The van der Waals surface area contributed by atoms with Crippen molar-refractivity contribution >= 4 is 17.4 Å². The Morgan fingerprint density at radius 2 is 2.12 bits per heavy atom. The van der Waals surface area contributed by atoms with Crippen molar-refractivity contribution in [2.24, 2.45) is 0 Å². The van der Waals surface area contributed by atoms with Gasteiger partial charge in [-0.15, -0.1) is 0 Å². The van der Waals surface area contributed by atoms with E-state index in [2.05, 4.69) is 0 Å². The Balaban J connectivity index is 2.22. The van der Waals surface area contributed by atoms with E-state index in [9.17, 15) is 13.2 Å². The Bertz CT molecular complexity index is 397. The number of nitrogen functional groups attached to an aromatic ring is 1. The van der Waals surface area contributed by atoms with Gasteiger partial charge < -0.3 is 5.73 Å². The third-order valence-corrected chi connectivity index (χ3v) is 4.37. The van der Waals surface area contributed by atoms with Crippen LogP contribution in [0.4, 0.5) is 18.9 Å². The number of hydrogen-bond donors (Lipinski definition) is 1. The highest BCUT2D eigenvalue weighted by atomic mass is 32.2. The zero-order valence-corrected chi connectivity index (χ0v) is 10.1.